The highest BCUT2D eigenvalue weighted by molar-refractivity contribution is 7.14. The molecule has 5 heteroatoms. The van der Waals surface area contributed by atoms with Crippen LogP contribution in [0.1, 0.15) is 34.8 Å². The molecule has 1 N–H and O–H groups in total. The van der Waals surface area contributed by atoms with Crippen LogP contribution in [0, 0.1) is 0 Å². The van der Waals surface area contributed by atoms with Crippen molar-refractivity contribution in [2.45, 2.75) is 32.8 Å². The van der Waals surface area contributed by atoms with Crippen molar-refractivity contribution in [2.75, 3.05) is 13.7 Å². The summed E-state index contributed by atoms with van der Waals surface area (Å²) in [6, 6.07) is 1.82. The molecule has 0 saturated carbocycles. The molecule has 17 heavy (non-hydrogen) atoms. The van der Waals surface area contributed by atoms with Gasteiger partial charge in [0.2, 0.25) is 0 Å². The fourth-order valence-electron chi connectivity index (χ4n) is 1.39. The number of methoxy groups -OCH3 is 1. The lowest BCUT2D eigenvalue weighted by atomic mass is 10.3. The van der Waals surface area contributed by atoms with E-state index in [4.69, 9.17) is 14.6 Å². The van der Waals surface area contributed by atoms with Gasteiger partial charge in [-0.15, -0.1) is 11.3 Å². The third-order valence-corrected chi connectivity index (χ3v) is 3.60. The average molecular weight is 258 g/mol. The number of carboxylic acids is 1. The fraction of sp³-hybridized carbons (Fsp3) is 0.583. The maximum atomic E-state index is 11.1. The lowest BCUT2D eigenvalue weighted by Crippen LogP contribution is -2.15. The molecule has 0 saturated heterocycles. The highest BCUT2D eigenvalue weighted by Gasteiger charge is 2.18. The molecule has 0 aliphatic carbocycles. The number of carboxylic acid groups (broad SMARTS) is 1. The Kier molecular flexibility index (Phi) is 5.44. The molecule has 1 heterocycles. The van der Waals surface area contributed by atoms with Gasteiger partial charge in [0.15, 0.2) is 4.88 Å². The zero-order valence-electron chi connectivity index (χ0n) is 10.4. The molecule has 0 aliphatic rings. The Labute approximate surface area is 105 Å². The van der Waals surface area contributed by atoms with E-state index in [1.165, 1.54) is 11.3 Å². The van der Waals surface area contributed by atoms with E-state index in [9.17, 15) is 4.79 Å². The zero-order valence-corrected chi connectivity index (χ0v) is 11.2. The molecule has 4 nitrogen and oxygen atoms in total. The van der Waals surface area contributed by atoms with Crippen molar-refractivity contribution in [3.8, 4) is 5.75 Å². The summed E-state index contributed by atoms with van der Waals surface area (Å²) in [4.78, 5) is 12.4. The van der Waals surface area contributed by atoms with Crippen LogP contribution < -0.4 is 4.74 Å². The van der Waals surface area contributed by atoms with Gasteiger partial charge in [0.25, 0.3) is 0 Å². The second-order valence-electron chi connectivity index (χ2n) is 3.77. The fourth-order valence-corrected chi connectivity index (χ4v) is 2.26. The summed E-state index contributed by atoms with van der Waals surface area (Å²) < 4.78 is 10.6. The van der Waals surface area contributed by atoms with E-state index in [1.807, 2.05) is 19.9 Å². The Morgan fingerprint density at radius 1 is 1.59 bits per heavy atom. The number of ether oxygens (including phenoxy) is 2. The molecular formula is C12H18O4S. The summed E-state index contributed by atoms with van der Waals surface area (Å²) in [5, 5.41) is 9.07. The van der Waals surface area contributed by atoms with Crippen molar-refractivity contribution in [3.05, 3.63) is 15.8 Å². The molecule has 1 rings (SSSR count). The summed E-state index contributed by atoms with van der Waals surface area (Å²) in [6.07, 6.45) is 1.51. The van der Waals surface area contributed by atoms with E-state index < -0.39 is 5.97 Å². The van der Waals surface area contributed by atoms with Gasteiger partial charge in [0.1, 0.15) is 5.75 Å². The highest BCUT2D eigenvalue weighted by atomic mass is 32.1. The monoisotopic (exact) mass is 258 g/mol. The molecule has 0 fully saturated rings. The van der Waals surface area contributed by atoms with Crippen molar-refractivity contribution in [3.63, 3.8) is 0 Å². The number of hydrogen-bond acceptors (Lipinski definition) is 4. The average Bonchev–Trinajstić information content (AvgIpc) is 2.69. The molecule has 0 bridgehead atoms. The molecule has 0 aliphatic heterocycles. The van der Waals surface area contributed by atoms with Gasteiger partial charge >= 0.3 is 5.97 Å². The van der Waals surface area contributed by atoms with Gasteiger partial charge in [-0.25, -0.2) is 4.79 Å². The predicted molar refractivity (Wildman–Crippen MR) is 67.2 cm³/mol. The van der Waals surface area contributed by atoms with Crippen LogP contribution in [0.3, 0.4) is 0 Å². The second kappa shape index (κ2) is 6.61. The SMILES string of the molecule is CCc1cc(OC(C)CCOC)c(C(=O)O)s1. The topological polar surface area (TPSA) is 55.8 Å². The van der Waals surface area contributed by atoms with E-state index in [1.54, 1.807) is 7.11 Å². The minimum Gasteiger partial charge on any atom is -0.489 e. The van der Waals surface area contributed by atoms with Crippen LogP contribution in [0.2, 0.25) is 0 Å². The Morgan fingerprint density at radius 3 is 2.82 bits per heavy atom. The van der Waals surface area contributed by atoms with Gasteiger partial charge in [-0.05, 0) is 19.4 Å². The molecule has 0 aromatic carbocycles. The van der Waals surface area contributed by atoms with E-state index in [0.717, 1.165) is 17.7 Å². The van der Waals surface area contributed by atoms with E-state index in [2.05, 4.69) is 0 Å². The molecule has 0 spiro atoms. The Balaban J connectivity index is 2.74. The summed E-state index contributed by atoms with van der Waals surface area (Å²) in [5.41, 5.74) is 0. The lowest BCUT2D eigenvalue weighted by Gasteiger charge is -2.13. The normalized spacial score (nSPS) is 12.4. The van der Waals surface area contributed by atoms with Crippen LogP contribution in [-0.4, -0.2) is 30.9 Å². The first-order valence-corrected chi connectivity index (χ1v) is 6.41. The van der Waals surface area contributed by atoms with Crippen molar-refractivity contribution in [1.29, 1.82) is 0 Å². The molecule has 1 aromatic heterocycles. The summed E-state index contributed by atoms with van der Waals surface area (Å²) in [5.74, 6) is -0.452. The molecule has 1 atom stereocenters. The Morgan fingerprint density at radius 2 is 2.29 bits per heavy atom. The molecule has 1 unspecified atom stereocenters. The number of aryl methyl sites for hydroxylation is 1. The van der Waals surface area contributed by atoms with Crippen LogP contribution in [0.5, 0.6) is 5.75 Å². The number of carbonyl (C=O) groups is 1. The predicted octanol–water partition coefficient (Wildman–Crippen LogP) is 2.81. The first-order chi connectivity index (χ1) is 8.08. The number of rotatable bonds is 7. The number of thiophene rings is 1. The lowest BCUT2D eigenvalue weighted by molar-refractivity contribution is 0.0694. The molecular weight excluding hydrogens is 240 g/mol. The van der Waals surface area contributed by atoms with Gasteiger partial charge in [-0.2, -0.15) is 0 Å². The van der Waals surface area contributed by atoms with Crippen molar-refractivity contribution in [2.24, 2.45) is 0 Å². The number of hydrogen-bond donors (Lipinski definition) is 1. The first kappa shape index (κ1) is 14.0. The smallest absolute Gasteiger partial charge is 0.349 e. The van der Waals surface area contributed by atoms with Gasteiger partial charge in [-0.3, -0.25) is 0 Å². The summed E-state index contributed by atoms with van der Waals surface area (Å²) >= 11 is 1.28. The van der Waals surface area contributed by atoms with Crippen molar-refractivity contribution < 1.29 is 19.4 Å². The Hall–Kier alpha value is -1.07. The minimum absolute atomic E-state index is 0.0487. The van der Waals surface area contributed by atoms with Gasteiger partial charge in [0.05, 0.1) is 6.10 Å². The maximum Gasteiger partial charge on any atom is 0.349 e. The summed E-state index contributed by atoms with van der Waals surface area (Å²) in [6.45, 7) is 4.51. The van der Waals surface area contributed by atoms with E-state index >= 15 is 0 Å². The third kappa shape index (κ3) is 4.02. The number of aromatic carboxylic acids is 1. The van der Waals surface area contributed by atoms with Crippen LogP contribution in [0.15, 0.2) is 6.07 Å². The van der Waals surface area contributed by atoms with Gasteiger partial charge in [-0.1, -0.05) is 6.92 Å². The summed E-state index contributed by atoms with van der Waals surface area (Å²) in [7, 11) is 1.63. The van der Waals surface area contributed by atoms with Crippen LogP contribution in [0.25, 0.3) is 0 Å². The quantitative estimate of drug-likeness (QED) is 0.817. The zero-order chi connectivity index (χ0) is 12.8. The van der Waals surface area contributed by atoms with E-state index in [-0.39, 0.29) is 11.0 Å². The molecule has 96 valence electrons. The molecule has 0 amide bonds. The van der Waals surface area contributed by atoms with Crippen LogP contribution in [0.4, 0.5) is 0 Å². The molecule has 1 aromatic rings. The van der Waals surface area contributed by atoms with Crippen molar-refractivity contribution >= 4 is 17.3 Å². The Bertz CT molecular complexity index is 373. The van der Waals surface area contributed by atoms with Gasteiger partial charge in [0, 0.05) is 25.0 Å². The highest BCUT2D eigenvalue weighted by Crippen LogP contribution is 2.30. The first-order valence-electron chi connectivity index (χ1n) is 5.60. The third-order valence-electron chi connectivity index (χ3n) is 2.35. The standard InChI is InChI=1S/C12H18O4S/c1-4-9-7-10(11(17-9)12(13)14)16-8(2)5-6-15-3/h7-8H,4-6H2,1-3H3,(H,13,14). The van der Waals surface area contributed by atoms with Gasteiger partial charge < -0.3 is 14.6 Å². The maximum absolute atomic E-state index is 11.1. The minimum atomic E-state index is -0.927. The van der Waals surface area contributed by atoms with Crippen LogP contribution >= 0.6 is 11.3 Å². The second-order valence-corrected chi connectivity index (χ2v) is 4.91. The van der Waals surface area contributed by atoms with Crippen LogP contribution in [-0.2, 0) is 11.2 Å². The van der Waals surface area contributed by atoms with E-state index in [0.29, 0.717) is 12.4 Å². The molecule has 0 radical (unpaired) electrons. The largest absolute Gasteiger partial charge is 0.489 e. The van der Waals surface area contributed by atoms with Crippen molar-refractivity contribution in [1.82, 2.24) is 0 Å².